The predicted octanol–water partition coefficient (Wildman–Crippen LogP) is 3.73. The van der Waals surface area contributed by atoms with Crippen LogP contribution in [0.25, 0.3) is 5.69 Å². The van der Waals surface area contributed by atoms with E-state index >= 15 is 0 Å². The highest BCUT2D eigenvalue weighted by Crippen LogP contribution is 2.33. The number of carbonyl (C=O) groups excluding carboxylic acids is 2. The molecule has 1 saturated heterocycles. The molecule has 1 fully saturated rings. The lowest BCUT2D eigenvalue weighted by atomic mass is 10.0. The second-order valence-corrected chi connectivity index (χ2v) is 8.82. The van der Waals surface area contributed by atoms with Gasteiger partial charge in [-0.2, -0.15) is 13.2 Å². The minimum absolute atomic E-state index is 0.0530. The van der Waals surface area contributed by atoms with Crippen molar-refractivity contribution in [1.29, 1.82) is 0 Å². The SMILES string of the molecule is CCOC(=O)c1cn(-c2ccc(N3CCNC3=O)c(Cl)c2)c(=O)n(Cc2cccc(C(F)(F)F)c2C)c1=O. The van der Waals surface area contributed by atoms with Gasteiger partial charge >= 0.3 is 23.9 Å². The van der Waals surface area contributed by atoms with Gasteiger partial charge in [-0.1, -0.05) is 23.7 Å². The van der Waals surface area contributed by atoms with Crippen LogP contribution in [0.15, 0.2) is 52.2 Å². The molecule has 13 heteroatoms. The summed E-state index contributed by atoms with van der Waals surface area (Å²) in [6.07, 6.45) is -3.63. The van der Waals surface area contributed by atoms with Gasteiger partial charge in [0.25, 0.3) is 5.56 Å². The molecule has 2 heterocycles. The van der Waals surface area contributed by atoms with Crippen LogP contribution in [0.3, 0.4) is 0 Å². The van der Waals surface area contributed by atoms with E-state index in [1.807, 2.05) is 0 Å². The zero-order chi connectivity index (χ0) is 27.8. The van der Waals surface area contributed by atoms with Crippen molar-refractivity contribution in [3.8, 4) is 5.69 Å². The summed E-state index contributed by atoms with van der Waals surface area (Å²) in [7, 11) is 0. The summed E-state index contributed by atoms with van der Waals surface area (Å²) in [4.78, 5) is 52.6. The fraction of sp³-hybridized carbons (Fsp3) is 0.280. The molecule has 1 aromatic heterocycles. The maximum atomic E-state index is 13.5. The van der Waals surface area contributed by atoms with Crippen LogP contribution in [0, 0.1) is 6.92 Å². The van der Waals surface area contributed by atoms with Crippen molar-refractivity contribution >= 4 is 29.3 Å². The fourth-order valence-electron chi connectivity index (χ4n) is 4.17. The highest BCUT2D eigenvalue weighted by atomic mass is 35.5. The van der Waals surface area contributed by atoms with Gasteiger partial charge in [-0.25, -0.2) is 14.4 Å². The number of alkyl halides is 3. The molecular formula is C25H22ClF3N4O5. The second-order valence-electron chi connectivity index (χ2n) is 8.41. The number of urea groups is 1. The van der Waals surface area contributed by atoms with Gasteiger partial charge in [-0.05, 0) is 49.2 Å². The average Bonchev–Trinajstić information content (AvgIpc) is 3.27. The molecule has 2 aromatic carbocycles. The number of halogens is 4. The lowest BCUT2D eigenvalue weighted by molar-refractivity contribution is -0.138. The van der Waals surface area contributed by atoms with Crippen molar-refractivity contribution in [2.24, 2.45) is 0 Å². The molecule has 200 valence electrons. The van der Waals surface area contributed by atoms with Crippen molar-refractivity contribution in [1.82, 2.24) is 14.5 Å². The number of ether oxygens (including phenoxy) is 1. The van der Waals surface area contributed by atoms with Crippen LogP contribution in [-0.4, -0.2) is 40.8 Å². The molecule has 0 atom stereocenters. The molecule has 0 radical (unpaired) electrons. The van der Waals surface area contributed by atoms with E-state index in [2.05, 4.69) is 5.32 Å². The van der Waals surface area contributed by atoms with Crippen LogP contribution in [0.1, 0.15) is 34.0 Å². The standard InChI is InChI=1S/C25H22ClF3N4O5/c1-3-38-22(35)17-13-32(16-7-8-20(19(26)11-16)31-10-9-30-23(31)36)24(37)33(21(17)34)12-15-5-4-6-18(14(15)2)25(27,28)29/h4-8,11,13H,3,9-10,12H2,1-2H3,(H,30,36). The molecule has 2 amide bonds. The van der Waals surface area contributed by atoms with Crippen molar-refractivity contribution in [2.75, 3.05) is 24.6 Å². The molecule has 1 aliphatic rings. The maximum Gasteiger partial charge on any atom is 0.416 e. The Morgan fingerprint density at radius 2 is 1.89 bits per heavy atom. The number of hydrogen-bond donors (Lipinski definition) is 1. The van der Waals surface area contributed by atoms with Crippen molar-refractivity contribution in [3.63, 3.8) is 0 Å². The van der Waals surface area contributed by atoms with E-state index in [9.17, 15) is 32.3 Å². The second kappa shape index (κ2) is 10.4. The van der Waals surface area contributed by atoms with E-state index in [-0.39, 0.29) is 34.5 Å². The van der Waals surface area contributed by atoms with Crippen LogP contribution in [-0.2, 0) is 17.5 Å². The first-order valence-electron chi connectivity index (χ1n) is 11.5. The zero-order valence-corrected chi connectivity index (χ0v) is 21.0. The Hall–Kier alpha value is -4.06. The van der Waals surface area contributed by atoms with Crippen LogP contribution >= 0.6 is 11.6 Å². The first kappa shape index (κ1) is 27.0. The zero-order valence-electron chi connectivity index (χ0n) is 20.3. The summed E-state index contributed by atoms with van der Waals surface area (Å²) >= 11 is 6.41. The van der Waals surface area contributed by atoms with E-state index < -0.39 is 41.1 Å². The molecule has 9 nitrogen and oxygen atoms in total. The predicted molar refractivity (Wildman–Crippen MR) is 133 cm³/mol. The van der Waals surface area contributed by atoms with Crippen LogP contribution in [0.4, 0.5) is 23.7 Å². The highest BCUT2D eigenvalue weighted by molar-refractivity contribution is 6.34. The molecular weight excluding hydrogens is 529 g/mol. The van der Waals surface area contributed by atoms with Gasteiger partial charge in [-0.3, -0.25) is 18.8 Å². The van der Waals surface area contributed by atoms with Crippen molar-refractivity contribution < 1.29 is 27.5 Å². The quantitative estimate of drug-likeness (QED) is 0.471. The number of rotatable bonds is 6. The Morgan fingerprint density at radius 1 is 1.16 bits per heavy atom. The number of benzene rings is 2. The number of hydrogen-bond acceptors (Lipinski definition) is 5. The van der Waals surface area contributed by atoms with Crippen molar-refractivity contribution in [3.05, 3.63) is 90.7 Å². The minimum atomic E-state index is -4.64. The topological polar surface area (TPSA) is 103 Å². The number of aromatic nitrogens is 2. The first-order chi connectivity index (χ1) is 17.9. The number of nitrogens with one attached hydrogen (secondary N) is 1. The molecule has 1 aliphatic heterocycles. The maximum absolute atomic E-state index is 13.5. The normalized spacial score (nSPS) is 13.5. The Labute approximate surface area is 219 Å². The van der Waals surface area contributed by atoms with Crippen molar-refractivity contribution in [2.45, 2.75) is 26.6 Å². The van der Waals surface area contributed by atoms with Crippen LogP contribution in [0.5, 0.6) is 0 Å². The Balaban J connectivity index is 1.87. The van der Waals surface area contributed by atoms with Gasteiger partial charge in [0.15, 0.2) is 0 Å². The Morgan fingerprint density at radius 3 is 2.50 bits per heavy atom. The Bertz CT molecular complexity index is 1550. The summed E-state index contributed by atoms with van der Waals surface area (Å²) in [5, 5.41) is 2.77. The fourth-order valence-corrected chi connectivity index (χ4v) is 4.45. The van der Waals surface area contributed by atoms with Crippen LogP contribution < -0.4 is 21.5 Å². The van der Waals surface area contributed by atoms with Gasteiger partial charge in [0.05, 0.1) is 35.1 Å². The summed E-state index contributed by atoms with van der Waals surface area (Å²) in [6, 6.07) is 7.45. The van der Waals surface area contributed by atoms with Gasteiger partial charge in [0.1, 0.15) is 5.56 Å². The van der Waals surface area contributed by atoms with Gasteiger partial charge in [0.2, 0.25) is 0 Å². The monoisotopic (exact) mass is 550 g/mol. The highest BCUT2D eigenvalue weighted by Gasteiger charge is 2.33. The molecule has 0 unspecified atom stereocenters. The lowest BCUT2D eigenvalue weighted by Crippen LogP contribution is -2.42. The van der Waals surface area contributed by atoms with Gasteiger partial charge < -0.3 is 10.1 Å². The minimum Gasteiger partial charge on any atom is -0.462 e. The van der Waals surface area contributed by atoms with Crippen LogP contribution in [0.2, 0.25) is 5.02 Å². The number of anilines is 1. The molecule has 38 heavy (non-hydrogen) atoms. The lowest BCUT2D eigenvalue weighted by Gasteiger charge is -2.18. The third-order valence-corrected chi connectivity index (χ3v) is 6.41. The first-order valence-corrected chi connectivity index (χ1v) is 11.9. The summed E-state index contributed by atoms with van der Waals surface area (Å²) < 4.78 is 46.9. The smallest absolute Gasteiger partial charge is 0.416 e. The summed E-state index contributed by atoms with van der Waals surface area (Å²) in [5.74, 6) is -1.00. The molecule has 0 bridgehead atoms. The summed E-state index contributed by atoms with van der Waals surface area (Å²) in [6.45, 7) is 3.00. The molecule has 4 rings (SSSR count). The molecule has 0 saturated carbocycles. The average molecular weight is 551 g/mol. The molecule has 0 aliphatic carbocycles. The van der Waals surface area contributed by atoms with E-state index in [4.69, 9.17) is 16.3 Å². The van der Waals surface area contributed by atoms with E-state index in [0.717, 1.165) is 16.8 Å². The number of esters is 1. The van der Waals surface area contributed by atoms with Gasteiger partial charge in [-0.15, -0.1) is 0 Å². The number of carbonyl (C=O) groups is 2. The number of amides is 2. The molecule has 3 aromatic rings. The third-order valence-electron chi connectivity index (χ3n) is 6.10. The Kier molecular flexibility index (Phi) is 7.36. The third kappa shape index (κ3) is 5.03. The van der Waals surface area contributed by atoms with Gasteiger partial charge in [0, 0.05) is 19.3 Å². The molecule has 0 spiro atoms. The number of nitrogens with zero attached hydrogens (tertiary/aromatic N) is 3. The van der Waals surface area contributed by atoms with E-state index in [0.29, 0.717) is 23.3 Å². The molecule has 1 N–H and O–H groups in total. The van der Waals surface area contributed by atoms with E-state index in [1.54, 1.807) is 0 Å². The summed E-state index contributed by atoms with van der Waals surface area (Å²) in [5.41, 5.74) is -2.87. The largest absolute Gasteiger partial charge is 0.462 e. The van der Waals surface area contributed by atoms with E-state index in [1.165, 1.54) is 49.1 Å².